The van der Waals surface area contributed by atoms with Gasteiger partial charge < -0.3 is 19.5 Å². The number of nitrogens with one attached hydrogen (secondary N) is 1. The van der Waals surface area contributed by atoms with Crippen LogP contribution in [0.4, 0.5) is 5.00 Å². The zero-order valence-electron chi connectivity index (χ0n) is 26.0. The molecule has 0 saturated heterocycles. The predicted molar refractivity (Wildman–Crippen MR) is 183 cm³/mol. The molecule has 4 aromatic rings. The van der Waals surface area contributed by atoms with Crippen LogP contribution < -0.4 is 21.2 Å². The molecule has 44 heavy (non-hydrogen) atoms. The Hall–Kier alpha value is -4.13. The molecule has 0 aliphatic rings. The van der Waals surface area contributed by atoms with Crippen molar-refractivity contribution in [3.05, 3.63) is 107 Å². The van der Waals surface area contributed by atoms with Gasteiger partial charge in [-0.25, -0.2) is 14.4 Å². The average Bonchev–Trinajstić information content (AvgIpc) is 3.36. The minimum Gasteiger partial charge on any atom is -0.465 e. The fourth-order valence-corrected chi connectivity index (χ4v) is 9.49. The Kier molecular flexibility index (Phi) is 13.0. The number of hydrogen-bond acceptors (Lipinski definition) is 8. The summed E-state index contributed by atoms with van der Waals surface area (Å²) in [4.78, 5) is 37.1. The maximum absolute atomic E-state index is 12.5. The standard InChI is InChI=1S/C22H21O2P.C13H19NO4S/c1-2-24-22(23)18-25(19-12-6-3-7-13-19,20-14-8-4-9-15-20)21-16-10-5-11-17-21;1-6-18-13(16)9-8(4)19-11(14-7(2)3)10(9)12(15)17-5/h3-18H,2H2,1H3;7,14H,6H2,1-5H3. The second-order valence-corrected chi connectivity index (χ2v) is 14.3. The second-order valence-electron chi connectivity index (χ2n) is 9.86. The molecule has 0 bridgehead atoms. The second kappa shape index (κ2) is 16.6. The van der Waals surface area contributed by atoms with Gasteiger partial charge in [0.15, 0.2) is 0 Å². The molecule has 0 unspecified atom stereocenters. The highest BCUT2D eigenvalue weighted by molar-refractivity contribution is 7.95. The molecule has 0 aliphatic carbocycles. The SMILES string of the molecule is CCOC(=O)C=P(c1ccccc1)(c1ccccc1)c1ccccc1.CCOC(=O)c1c(C)sc(NC(C)C)c1C(=O)OC. The Bertz CT molecular complexity index is 1480. The minimum atomic E-state index is -2.24. The highest BCUT2D eigenvalue weighted by atomic mass is 32.1. The first-order chi connectivity index (χ1) is 21.2. The number of carbonyl (C=O) groups excluding carboxylic acids is 3. The summed E-state index contributed by atoms with van der Waals surface area (Å²) < 4.78 is 15.1. The van der Waals surface area contributed by atoms with Crippen molar-refractivity contribution in [1.29, 1.82) is 0 Å². The van der Waals surface area contributed by atoms with Crippen LogP contribution in [0.3, 0.4) is 0 Å². The first-order valence-electron chi connectivity index (χ1n) is 14.4. The average molecular weight is 634 g/mol. The molecule has 232 valence electrons. The number of hydrogen-bond donors (Lipinski definition) is 1. The van der Waals surface area contributed by atoms with Crippen LogP contribution in [0.2, 0.25) is 0 Å². The molecule has 0 atom stereocenters. The Morgan fingerprint density at radius 1 is 0.750 bits per heavy atom. The Morgan fingerprint density at radius 2 is 1.20 bits per heavy atom. The van der Waals surface area contributed by atoms with E-state index >= 15 is 0 Å². The summed E-state index contributed by atoms with van der Waals surface area (Å²) >= 11 is 1.35. The monoisotopic (exact) mass is 633 g/mol. The van der Waals surface area contributed by atoms with Crippen molar-refractivity contribution in [2.75, 3.05) is 25.6 Å². The topological polar surface area (TPSA) is 90.9 Å². The number of ether oxygens (including phenoxy) is 3. The summed E-state index contributed by atoms with van der Waals surface area (Å²) in [7, 11) is 1.30. The first kappa shape index (κ1) is 34.4. The first-order valence-corrected chi connectivity index (χ1v) is 17.1. The lowest BCUT2D eigenvalue weighted by molar-refractivity contribution is -0.134. The largest absolute Gasteiger partial charge is 0.465 e. The molecule has 9 heteroatoms. The van der Waals surface area contributed by atoms with E-state index in [0.717, 1.165) is 20.8 Å². The molecule has 0 amide bonds. The van der Waals surface area contributed by atoms with Crippen molar-refractivity contribution in [3.63, 3.8) is 0 Å². The quantitative estimate of drug-likeness (QED) is 0.127. The fourth-order valence-electron chi connectivity index (χ4n) is 4.65. The van der Waals surface area contributed by atoms with Gasteiger partial charge in [-0.2, -0.15) is 0 Å². The summed E-state index contributed by atoms with van der Waals surface area (Å²) in [5, 5.41) is 7.22. The number of carbonyl (C=O) groups is 3. The van der Waals surface area contributed by atoms with E-state index in [1.54, 1.807) is 19.6 Å². The molecule has 1 N–H and O–H groups in total. The lowest BCUT2D eigenvalue weighted by Gasteiger charge is -2.28. The molecule has 0 aliphatic heterocycles. The van der Waals surface area contributed by atoms with Gasteiger partial charge in [-0.15, -0.1) is 11.3 Å². The maximum Gasteiger partial charge on any atom is 0.341 e. The van der Waals surface area contributed by atoms with Crippen molar-refractivity contribution in [1.82, 2.24) is 0 Å². The zero-order chi connectivity index (χ0) is 32.1. The molecule has 3 aromatic carbocycles. The van der Waals surface area contributed by atoms with Gasteiger partial charge in [-0.3, -0.25) is 0 Å². The van der Waals surface area contributed by atoms with Crippen molar-refractivity contribution >= 4 is 62.8 Å². The number of esters is 3. The Labute approximate surface area is 264 Å². The fraction of sp³-hybridized carbons (Fsp3) is 0.257. The smallest absolute Gasteiger partial charge is 0.341 e. The number of methoxy groups -OCH3 is 1. The zero-order valence-corrected chi connectivity index (χ0v) is 27.7. The van der Waals surface area contributed by atoms with Gasteiger partial charge in [0, 0.05) is 16.7 Å². The molecule has 0 saturated carbocycles. The van der Waals surface area contributed by atoms with Crippen LogP contribution in [0.1, 0.15) is 53.3 Å². The lowest BCUT2D eigenvalue weighted by atomic mass is 10.1. The van der Waals surface area contributed by atoms with E-state index < -0.39 is 18.8 Å². The van der Waals surface area contributed by atoms with E-state index in [1.165, 1.54) is 18.4 Å². The Morgan fingerprint density at radius 3 is 1.59 bits per heavy atom. The van der Waals surface area contributed by atoms with Crippen LogP contribution in [0.5, 0.6) is 0 Å². The van der Waals surface area contributed by atoms with E-state index in [1.807, 2.05) is 75.4 Å². The van der Waals surface area contributed by atoms with Crippen molar-refractivity contribution in [3.8, 4) is 0 Å². The van der Waals surface area contributed by atoms with Crippen molar-refractivity contribution in [2.45, 2.75) is 40.7 Å². The van der Waals surface area contributed by atoms with E-state index in [4.69, 9.17) is 14.2 Å². The van der Waals surface area contributed by atoms with Crippen molar-refractivity contribution in [2.24, 2.45) is 0 Å². The third-order valence-electron chi connectivity index (χ3n) is 6.45. The Balaban J connectivity index is 0.000000251. The molecule has 0 radical (unpaired) electrons. The molecular formula is C35H40NO6PS. The lowest BCUT2D eigenvalue weighted by Crippen LogP contribution is -2.29. The molecular weight excluding hydrogens is 593 g/mol. The molecule has 0 fully saturated rings. The van der Waals surface area contributed by atoms with Gasteiger partial charge in [0.05, 0.1) is 25.9 Å². The number of benzene rings is 3. The molecule has 1 aromatic heterocycles. The van der Waals surface area contributed by atoms with E-state index in [9.17, 15) is 14.4 Å². The molecule has 7 nitrogen and oxygen atoms in total. The minimum absolute atomic E-state index is 0.150. The number of thiophene rings is 1. The number of aryl methyl sites for hydroxylation is 1. The summed E-state index contributed by atoms with van der Waals surface area (Å²) in [5.41, 5.74) is 0.555. The molecule has 0 spiro atoms. The van der Waals surface area contributed by atoms with Crippen LogP contribution in [-0.4, -0.2) is 50.1 Å². The van der Waals surface area contributed by atoms with Crippen LogP contribution >= 0.6 is 18.2 Å². The number of anilines is 1. The normalized spacial score (nSPS) is 10.7. The van der Waals surface area contributed by atoms with Crippen molar-refractivity contribution < 1.29 is 28.6 Å². The van der Waals surface area contributed by atoms with Gasteiger partial charge in [0.2, 0.25) is 0 Å². The van der Waals surface area contributed by atoms with Crippen LogP contribution in [-0.2, 0) is 19.0 Å². The maximum atomic E-state index is 12.5. The third-order valence-corrected chi connectivity index (χ3v) is 11.4. The van der Waals surface area contributed by atoms with Crippen LogP contribution in [0.25, 0.3) is 0 Å². The summed E-state index contributed by atoms with van der Waals surface area (Å²) in [5.74, 6) is 0.507. The molecule has 1 heterocycles. The van der Waals surface area contributed by atoms with Crippen LogP contribution in [0, 0.1) is 6.92 Å². The third kappa shape index (κ3) is 8.28. The van der Waals surface area contributed by atoms with E-state index in [2.05, 4.69) is 41.7 Å². The highest BCUT2D eigenvalue weighted by Gasteiger charge is 2.29. The van der Waals surface area contributed by atoms with E-state index in [0.29, 0.717) is 17.2 Å². The summed E-state index contributed by atoms with van der Waals surface area (Å²) in [6.07, 6.45) is 0. The van der Waals surface area contributed by atoms with Crippen LogP contribution in [0.15, 0.2) is 91.0 Å². The van der Waals surface area contributed by atoms with Gasteiger partial charge in [0.25, 0.3) is 0 Å². The van der Waals surface area contributed by atoms with Gasteiger partial charge in [-0.1, -0.05) is 91.0 Å². The summed E-state index contributed by atoms with van der Waals surface area (Å²) in [6, 6.07) is 30.9. The van der Waals surface area contributed by atoms with Gasteiger partial charge >= 0.3 is 17.9 Å². The number of rotatable bonds is 10. The summed E-state index contributed by atoms with van der Waals surface area (Å²) in [6.45, 7) is 7.66. The van der Waals surface area contributed by atoms with E-state index in [-0.39, 0.29) is 24.2 Å². The van der Waals surface area contributed by atoms with Gasteiger partial charge in [-0.05, 0) is 57.4 Å². The molecule has 4 rings (SSSR count). The van der Waals surface area contributed by atoms with Gasteiger partial charge in [0.1, 0.15) is 10.6 Å². The highest BCUT2D eigenvalue weighted by Crippen LogP contribution is 2.43. The predicted octanol–water partition coefficient (Wildman–Crippen LogP) is 6.19.